The van der Waals surface area contributed by atoms with Gasteiger partial charge in [-0.3, -0.25) is 9.69 Å². The third-order valence-corrected chi connectivity index (χ3v) is 9.13. The summed E-state index contributed by atoms with van der Waals surface area (Å²) in [7, 11) is 0. The Morgan fingerprint density at radius 3 is 2.73 bits per heavy atom. The Balaban J connectivity index is 1.46. The van der Waals surface area contributed by atoms with E-state index in [0.717, 1.165) is 37.2 Å². The standard InChI is InChI=1S/C25H28N2OS2/c28-25-22(21-3-1-2-18-7-13-30-24(18)21)14-19-16-26(20-8-11-29-12-9-20)10-6-23(19)27(25)15-17-4-5-17/h1-3,7,13-14,17,20H,4-6,8-12,15-16H2. The van der Waals surface area contributed by atoms with E-state index >= 15 is 0 Å². The molecule has 0 atom stereocenters. The molecule has 6 rings (SSSR count). The van der Waals surface area contributed by atoms with Crippen molar-refractivity contribution in [3.8, 4) is 11.1 Å². The topological polar surface area (TPSA) is 25.2 Å². The van der Waals surface area contributed by atoms with Gasteiger partial charge in [-0.05, 0) is 71.6 Å². The van der Waals surface area contributed by atoms with Crippen LogP contribution in [0.2, 0.25) is 0 Å². The minimum atomic E-state index is 0.226. The highest BCUT2D eigenvalue weighted by Crippen LogP contribution is 2.35. The molecule has 156 valence electrons. The van der Waals surface area contributed by atoms with E-state index < -0.39 is 0 Å². The average molecular weight is 437 g/mol. The molecule has 0 amide bonds. The third kappa shape index (κ3) is 3.45. The summed E-state index contributed by atoms with van der Waals surface area (Å²) in [6, 6.07) is 11.5. The minimum absolute atomic E-state index is 0.226. The molecule has 0 N–H and O–H groups in total. The zero-order chi connectivity index (χ0) is 20.1. The van der Waals surface area contributed by atoms with Crippen LogP contribution in [0, 0.1) is 5.92 Å². The van der Waals surface area contributed by atoms with Crippen LogP contribution in [-0.4, -0.2) is 33.6 Å². The second-order valence-electron chi connectivity index (χ2n) is 9.10. The van der Waals surface area contributed by atoms with Gasteiger partial charge in [0.2, 0.25) is 0 Å². The highest BCUT2D eigenvalue weighted by Gasteiger charge is 2.30. The minimum Gasteiger partial charge on any atom is -0.311 e. The highest BCUT2D eigenvalue weighted by atomic mass is 32.2. The van der Waals surface area contributed by atoms with Crippen molar-refractivity contribution in [1.29, 1.82) is 0 Å². The summed E-state index contributed by atoms with van der Waals surface area (Å²) in [5, 5.41) is 3.38. The van der Waals surface area contributed by atoms with Crippen LogP contribution in [0.5, 0.6) is 0 Å². The van der Waals surface area contributed by atoms with Crippen molar-refractivity contribution >= 4 is 33.2 Å². The molecule has 1 aromatic carbocycles. The quantitative estimate of drug-likeness (QED) is 0.548. The van der Waals surface area contributed by atoms with E-state index in [1.165, 1.54) is 58.5 Å². The van der Waals surface area contributed by atoms with Crippen LogP contribution in [0.4, 0.5) is 0 Å². The Morgan fingerprint density at radius 2 is 1.90 bits per heavy atom. The number of hydrogen-bond donors (Lipinski definition) is 0. The number of aromatic nitrogens is 1. The lowest BCUT2D eigenvalue weighted by Crippen LogP contribution is -2.43. The second-order valence-corrected chi connectivity index (χ2v) is 11.2. The summed E-state index contributed by atoms with van der Waals surface area (Å²) in [6.07, 6.45) is 6.19. The third-order valence-electron chi connectivity index (χ3n) is 7.11. The fourth-order valence-electron chi connectivity index (χ4n) is 5.25. The van der Waals surface area contributed by atoms with Gasteiger partial charge in [0.25, 0.3) is 5.56 Å². The van der Waals surface area contributed by atoms with E-state index in [0.29, 0.717) is 12.0 Å². The lowest BCUT2D eigenvalue weighted by Gasteiger charge is -2.38. The van der Waals surface area contributed by atoms with Crippen LogP contribution in [0.1, 0.15) is 36.9 Å². The molecule has 1 saturated carbocycles. The molecule has 4 heterocycles. The predicted octanol–water partition coefficient (Wildman–Crippen LogP) is 5.39. The number of hydrogen-bond acceptors (Lipinski definition) is 4. The summed E-state index contributed by atoms with van der Waals surface area (Å²) in [6.45, 7) is 3.02. The van der Waals surface area contributed by atoms with Crippen molar-refractivity contribution in [3.63, 3.8) is 0 Å². The van der Waals surface area contributed by atoms with Crippen LogP contribution in [0.15, 0.2) is 40.5 Å². The summed E-state index contributed by atoms with van der Waals surface area (Å²) >= 11 is 3.85. The maximum absolute atomic E-state index is 13.7. The number of fused-ring (bicyclic) bond motifs is 2. The molecule has 3 nitrogen and oxygen atoms in total. The summed E-state index contributed by atoms with van der Waals surface area (Å²) in [4.78, 5) is 16.4. The van der Waals surface area contributed by atoms with Crippen molar-refractivity contribution in [2.45, 2.75) is 51.2 Å². The van der Waals surface area contributed by atoms with Gasteiger partial charge in [0.1, 0.15) is 0 Å². The molecule has 2 fully saturated rings. The predicted molar refractivity (Wildman–Crippen MR) is 129 cm³/mol. The number of thiophene rings is 1. The van der Waals surface area contributed by atoms with E-state index in [-0.39, 0.29) is 5.56 Å². The maximum atomic E-state index is 13.7. The number of pyridine rings is 1. The number of benzene rings is 1. The van der Waals surface area contributed by atoms with Gasteiger partial charge in [-0.25, -0.2) is 0 Å². The van der Waals surface area contributed by atoms with Crippen LogP contribution < -0.4 is 5.56 Å². The Labute approximate surface area is 186 Å². The van der Waals surface area contributed by atoms with Gasteiger partial charge in [-0.1, -0.05) is 18.2 Å². The second kappa shape index (κ2) is 7.85. The summed E-state index contributed by atoms with van der Waals surface area (Å²) in [5.74, 6) is 3.29. The molecule has 0 spiro atoms. The van der Waals surface area contributed by atoms with Gasteiger partial charge in [0.15, 0.2) is 0 Å². The lowest BCUT2D eigenvalue weighted by atomic mass is 9.96. The molecule has 3 aliphatic rings. The number of thioether (sulfide) groups is 1. The molecule has 3 aromatic rings. The summed E-state index contributed by atoms with van der Waals surface area (Å²) in [5.41, 5.74) is 4.96. The Hall–Kier alpha value is -1.56. The lowest BCUT2D eigenvalue weighted by molar-refractivity contribution is 0.165. The van der Waals surface area contributed by atoms with Crippen LogP contribution in [0.25, 0.3) is 21.2 Å². The van der Waals surface area contributed by atoms with E-state index in [4.69, 9.17) is 0 Å². The first-order valence-electron chi connectivity index (χ1n) is 11.3. The van der Waals surface area contributed by atoms with E-state index in [2.05, 4.69) is 56.9 Å². The molecule has 30 heavy (non-hydrogen) atoms. The zero-order valence-corrected chi connectivity index (χ0v) is 18.9. The fourth-order valence-corrected chi connectivity index (χ4v) is 7.26. The number of rotatable bonds is 4. The van der Waals surface area contributed by atoms with Gasteiger partial charge >= 0.3 is 0 Å². The van der Waals surface area contributed by atoms with Gasteiger partial charge < -0.3 is 4.57 Å². The Bertz CT molecular complexity index is 1140. The largest absolute Gasteiger partial charge is 0.311 e. The van der Waals surface area contributed by atoms with E-state index in [1.807, 2.05) is 0 Å². The molecule has 2 aliphatic heterocycles. The van der Waals surface area contributed by atoms with Gasteiger partial charge in [-0.2, -0.15) is 11.8 Å². The average Bonchev–Trinajstić information content (AvgIpc) is 3.48. The van der Waals surface area contributed by atoms with Gasteiger partial charge in [0, 0.05) is 53.6 Å². The van der Waals surface area contributed by atoms with Crippen molar-refractivity contribution in [3.05, 3.63) is 57.3 Å². The molecule has 5 heteroatoms. The smallest absolute Gasteiger partial charge is 0.258 e. The van der Waals surface area contributed by atoms with Crippen LogP contribution >= 0.6 is 23.1 Å². The van der Waals surface area contributed by atoms with Gasteiger partial charge in [0.05, 0.1) is 0 Å². The highest BCUT2D eigenvalue weighted by molar-refractivity contribution is 7.99. The molecule has 2 aromatic heterocycles. The molecule has 1 saturated heterocycles. The SMILES string of the molecule is O=c1c(-c2cccc3ccsc23)cc2c(n1CC1CC1)CCN(C1CCSCC1)C2. The zero-order valence-electron chi connectivity index (χ0n) is 17.3. The van der Waals surface area contributed by atoms with Crippen molar-refractivity contribution < 1.29 is 0 Å². The van der Waals surface area contributed by atoms with Crippen LogP contribution in [0.3, 0.4) is 0 Å². The van der Waals surface area contributed by atoms with Crippen LogP contribution in [-0.2, 0) is 19.5 Å². The first kappa shape index (κ1) is 19.1. The maximum Gasteiger partial charge on any atom is 0.258 e. The molecule has 0 bridgehead atoms. The molecule has 0 unspecified atom stereocenters. The molecular weight excluding hydrogens is 408 g/mol. The van der Waals surface area contributed by atoms with Crippen molar-refractivity contribution in [1.82, 2.24) is 9.47 Å². The molecule has 1 aliphatic carbocycles. The van der Waals surface area contributed by atoms with E-state index in [1.54, 1.807) is 11.3 Å². The first-order valence-corrected chi connectivity index (χ1v) is 13.4. The fraction of sp³-hybridized carbons (Fsp3) is 0.480. The monoisotopic (exact) mass is 436 g/mol. The Morgan fingerprint density at radius 1 is 1.03 bits per heavy atom. The molecule has 0 radical (unpaired) electrons. The van der Waals surface area contributed by atoms with Gasteiger partial charge in [-0.15, -0.1) is 11.3 Å². The van der Waals surface area contributed by atoms with E-state index in [9.17, 15) is 4.79 Å². The first-order chi connectivity index (χ1) is 14.8. The van der Waals surface area contributed by atoms with Crippen molar-refractivity contribution in [2.75, 3.05) is 18.1 Å². The Kier molecular flexibility index (Phi) is 5.01. The normalized spacial score (nSPS) is 20.5. The number of nitrogens with zero attached hydrogens (tertiary/aromatic N) is 2. The molecular formula is C25H28N2OS2. The summed E-state index contributed by atoms with van der Waals surface area (Å²) < 4.78 is 3.41. The van der Waals surface area contributed by atoms with Crippen molar-refractivity contribution in [2.24, 2.45) is 5.92 Å².